The molecule has 1 amide bonds. The lowest BCUT2D eigenvalue weighted by Gasteiger charge is -2.31. The van der Waals surface area contributed by atoms with Gasteiger partial charge in [0.05, 0.1) is 11.4 Å². The lowest BCUT2D eigenvalue weighted by Crippen LogP contribution is -2.47. The van der Waals surface area contributed by atoms with Crippen LogP contribution in [0.2, 0.25) is 0 Å². The number of likely N-dealkylation sites (N-methyl/N-ethyl adjacent to an activating group) is 1. The zero-order chi connectivity index (χ0) is 21.7. The molecule has 3 rings (SSSR count). The maximum absolute atomic E-state index is 12.9. The van der Waals surface area contributed by atoms with E-state index in [-0.39, 0.29) is 10.8 Å². The molecule has 0 radical (unpaired) electrons. The molecule has 1 N–H and O–H groups in total. The van der Waals surface area contributed by atoms with E-state index in [0.717, 1.165) is 16.9 Å². The van der Waals surface area contributed by atoms with Crippen molar-refractivity contribution in [2.45, 2.75) is 18.7 Å². The third-order valence-electron chi connectivity index (χ3n) is 5.19. The van der Waals surface area contributed by atoms with E-state index in [1.165, 1.54) is 16.4 Å². The van der Waals surface area contributed by atoms with Crippen LogP contribution in [0.15, 0.2) is 47.4 Å². The van der Waals surface area contributed by atoms with E-state index in [0.29, 0.717) is 44.9 Å². The van der Waals surface area contributed by atoms with E-state index in [4.69, 9.17) is 4.74 Å². The van der Waals surface area contributed by atoms with Crippen molar-refractivity contribution >= 4 is 15.9 Å². The largest absolute Gasteiger partial charge is 0.491 e. The molecule has 0 aliphatic carbocycles. The average Bonchev–Trinajstić information content (AvgIpc) is 2.74. The lowest BCUT2D eigenvalue weighted by molar-refractivity contribution is 0.0946. The Morgan fingerprint density at radius 1 is 1.07 bits per heavy atom. The van der Waals surface area contributed by atoms with Gasteiger partial charge in [-0.15, -0.1) is 0 Å². The molecule has 0 bridgehead atoms. The summed E-state index contributed by atoms with van der Waals surface area (Å²) in [5, 5.41) is 2.79. The normalized spacial score (nSPS) is 15.7. The highest BCUT2D eigenvalue weighted by Gasteiger charge is 2.27. The molecule has 30 heavy (non-hydrogen) atoms. The van der Waals surface area contributed by atoms with Crippen LogP contribution in [-0.4, -0.2) is 69.9 Å². The van der Waals surface area contributed by atoms with Crippen molar-refractivity contribution < 1.29 is 17.9 Å². The number of carbonyl (C=O) groups is 1. The highest BCUT2D eigenvalue weighted by atomic mass is 32.2. The zero-order valence-electron chi connectivity index (χ0n) is 17.7. The summed E-state index contributed by atoms with van der Waals surface area (Å²) < 4.78 is 33.0. The topological polar surface area (TPSA) is 78.9 Å². The minimum atomic E-state index is -3.61. The predicted molar refractivity (Wildman–Crippen MR) is 116 cm³/mol. The Bertz CT molecular complexity index is 999. The smallest absolute Gasteiger partial charge is 0.251 e. The number of nitrogens with zero attached hydrogens (tertiary/aromatic N) is 2. The van der Waals surface area contributed by atoms with Gasteiger partial charge in [-0.2, -0.15) is 4.31 Å². The summed E-state index contributed by atoms with van der Waals surface area (Å²) in [6.07, 6.45) is 0. The van der Waals surface area contributed by atoms with Crippen molar-refractivity contribution in [1.82, 2.24) is 14.5 Å². The Morgan fingerprint density at radius 3 is 2.53 bits per heavy atom. The van der Waals surface area contributed by atoms with E-state index in [9.17, 15) is 13.2 Å². The third kappa shape index (κ3) is 5.38. The van der Waals surface area contributed by atoms with Crippen molar-refractivity contribution in [3.8, 4) is 5.75 Å². The fourth-order valence-electron chi connectivity index (χ4n) is 3.27. The molecule has 2 aromatic carbocycles. The van der Waals surface area contributed by atoms with Crippen LogP contribution >= 0.6 is 0 Å². The summed E-state index contributed by atoms with van der Waals surface area (Å²) in [6.45, 7) is 6.91. The third-order valence-corrected chi connectivity index (χ3v) is 7.08. The number of ether oxygens (including phenoxy) is 1. The van der Waals surface area contributed by atoms with Crippen molar-refractivity contribution in [1.29, 1.82) is 0 Å². The molecule has 1 aliphatic rings. The van der Waals surface area contributed by atoms with Crippen LogP contribution < -0.4 is 10.1 Å². The van der Waals surface area contributed by atoms with Crippen molar-refractivity contribution in [2.75, 3.05) is 46.4 Å². The summed E-state index contributed by atoms with van der Waals surface area (Å²) in [6, 6.07) is 12.2. The van der Waals surface area contributed by atoms with E-state index < -0.39 is 10.0 Å². The molecule has 162 valence electrons. The van der Waals surface area contributed by atoms with Gasteiger partial charge >= 0.3 is 0 Å². The maximum Gasteiger partial charge on any atom is 0.251 e. The van der Waals surface area contributed by atoms with Crippen LogP contribution in [0.5, 0.6) is 5.75 Å². The second-order valence-corrected chi connectivity index (χ2v) is 9.55. The van der Waals surface area contributed by atoms with E-state index in [1.54, 1.807) is 12.1 Å². The summed E-state index contributed by atoms with van der Waals surface area (Å²) in [7, 11) is -1.64. The molecule has 7 nitrogen and oxygen atoms in total. The number of benzene rings is 2. The van der Waals surface area contributed by atoms with Gasteiger partial charge in [-0.05, 0) is 56.3 Å². The predicted octanol–water partition coefficient (Wildman–Crippen LogP) is 2.05. The highest BCUT2D eigenvalue weighted by molar-refractivity contribution is 7.89. The summed E-state index contributed by atoms with van der Waals surface area (Å²) in [4.78, 5) is 14.7. The Balaban J connectivity index is 1.58. The first-order valence-corrected chi connectivity index (χ1v) is 11.5. The molecule has 1 saturated heterocycles. The van der Waals surface area contributed by atoms with Crippen molar-refractivity contribution in [3.05, 3.63) is 59.2 Å². The molecule has 2 aromatic rings. The first kappa shape index (κ1) is 22.3. The van der Waals surface area contributed by atoms with Crippen LogP contribution in [-0.2, 0) is 10.0 Å². The molecule has 1 aliphatic heterocycles. The Hall–Kier alpha value is -2.42. The molecule has 1 heterocycles. The minimum absolute atomic E-state index is 0.145. The fraction of sp³-hybridized carbons (Fsp3) is 0.409. The van der Waals surface area contributed by atoms with Gasteiger partial charge in [-0.25, -0.2) is 8.42 Å². The van der Waals surface area contributed by atoms with Crippen LogP contribution in [0.3, 0.4) is 0 Å². The summed E-state index contributed by atoms with van der Waals surface area (Å²) in [5.41, 5.74) is 2.46. The van der Waals surface area contributed by atoms with E-state index >= 15 is 0 Å². The van der Waals surface area contributed by atoms with Crippen LogP contribution in [0.25, 0.3) is 0 Å². The fourth-order valence-corrected chi connectivity index (χ4v) is 4.73. The number of aryl methyl sites for hydroxylation is 2. The SMILES string of the molecule is Cc1ccc(C)c(OCCNC(=O)c2cccc(S(=O)(=O)N3CCN(C)CC3)c2)c1. The van der Waals surface area contributed by atoms with E-state index in [1.807, 2.05) is 39.1 Å². The number of rotatable bonds is 7. The lowest BCUT2D eigenvalue weighted by atomic mass is 10.1. The molecule has 0 unspecified atom stereocenters. The van der Waals surface area contributed by atoms with Crippen molar-refractivity contribution in [2.24, 2.45) is 0 Å². The van der Waals surface area contributed by atoms with Gasteiger partial charge in [0.15, 0.2) is 0 Å². The number of hydrogen-bond acceptors (Lipinski definition) is 5. The Kier molecular flexibility index (Phi) is 7.12. The summed E-state index contributed by atoms with van der Waals surface area (Å²) in [5.74, 6) is 0.472. The summed E-state index contributed by atoms with van der Waals surface area (Å²) >= 11 is 0. The number of piperazine rings is 1. The van der Waals surface area contributed by atoms with Gasteiger partial charge < -0.3 is 15.0 Å². The number of carbonyl (C=O) groups excluding carboxylic acids is 1. The first-order valence-electron chi connectivity index (χ1n) is 10.0. The van der Waals surface area contributed by atoms with Gasteiger partial charge in [0.2, 0.25) is 10.0 Å². The Morgan fingerprint density at radius 2 is 1.80 bits per heavy atom. The second-order valence-electron chi connectivity index (χ2n) is 7.61. The zero-order valence-corrected chi connectivity index (χ0v) is 18.5. The number of hydrogen-bond donors (Lipinski definition) is 1. The molecule has 0 saturated carbocycles. The van der Waals surface area contributed by atoms with E-state index in [2.05, 4.69) is 10.2 Å². The first-order chi connectivity index (χ1) is 14.3. The molecule has 0 atom stereocenters. The average molecular weight is 432 g/mol. The number of amides is 1. The molecular weight excluding hydrogens is 402 g/mol. The van der Waals surface area contributed by atoms with Gasteiger partial charge in [-0.3, -0.25) is 4.79 Å². The molecule has 0 spiro atoms. The molecule has 8 heteroatoms. The van der Waals surface area contributed by atoms with Crippen LogP contribution in [0.1, 0.15) is 21.5 Å². The second kappa shape index (κ2) is 9.59. The van der Waals surface area contributed by atoms with Gasteiger partial charge in [-0.1, -0.05) is 18.2 Å². The monoisotopic (exact) mass is 431 g/mol. The van der Waals surface area contributed by atoms with Crippen LogP contribution in [0, 0.1) is 13.8 Å². The van der Waals surface area contributed by atoms with Gasteiger partial charge in [0.1, 0.15) is 12.4 Å². The van der Waals surface area contributed by atoms with Crippen LogP contribution in [0.4, 0.5) is 0 Å². The highest BCUT2D eigenvalue weighted by Crippen LogP contribution is 2.20. The minimum Gasteiger partial charge on any atom is -0.491 e. The number of sulfonamides is 1. The molecule has 1 fully saturated rings. The van der Waals surface area contributed by atoms with Crippen molar-refractivity contribution in [3.63, 3.8) is 0 Å². The molecule has 0 aromatic heterocycles. The molecular formula is C22H29N3O4S. The Labute approximate surface area is 178 Å². The number of nitrogens with one attached hydrogen (secondary N) is 1. The standard InChI is InChI=1S/C22H29N3O4S/c1-17-7-8-18(2)21(15-17)29-14-9-23-22(26)19-5-4-6-20(16-19)30(27,28)25-12-10-24(3)11-13-25/h4-8,15-16H,9-14H2,1-3H3,(H,23,26). The maximum atomic E-state index is 12.9. The quantitative estimate of drug-likeness (QED) is 0.679. The van der Waals surface area contributed by atoms with Gasteiger partial charge in [0.25, 0.3) is 5.91 Å². The van der Waals surface area contributed by atoms with Gasteiger partial charge in [0, 0.05) is 31.7 Å².